The molecule has 0 radical (unpaired) electrons. The molecular formula is C9H12N2O4S. The predicted octanol–water partition coefficient (Wildman–Crippen LogP) is 0.252. The summed E-state index contributed by atoms with van der Waals surface area (Å²) in [6.45, 7) is -0.474. The Morgan fingerprint density at radius 2 is 2.25 bits per heavy atom. The highest BCUT2D eigenvalue weighted by atomic mass is 32.2. The van der Waals surface area contributed by atoms with Gasteiger partial charge in [0.1, 0.15) is 6.54 Å². The van der Waals surface area contributed by atoms with Crippen molar-refractivity contribution in [3.63, 3.8) is 0 Å². The standard InChI is InChI=1S/C9H12N2O4S/c12-9(13)6-11(7-1-2-7)16(14,15)8-3-4-10-5-8/h3-5,7,10H,1-2,6H2,(H,12,13). The molecule has 1 aliphatic carbocycles. The minimum absolute atomic E-state index is 0.112. The molecule has 0 atom stereocenters. The number of carboxylic acids is 1. The van der Waals surface area contributed by atoms with Gasteiger partial charge in [0.15, 0.2) is 0 Å². The maximum absolute atomic E-state index is 12.1. The molecule has 2 N–H and O–H groups in total. The third-order valence-electron chi connectivity index (χ3n) is 2.42. The molecule has 0 aromatic carbocycles. The van der Waals surface area contributed by atoms with E-state index in [-0.39, 0.29) is 10.9 Å². The van der Waals surface area contributed by atoms with Crippen LogP contribution in [0, 0.1) is 0 Å². The number of carbonyl (C=O) groups is 1. The monoisotopic (exact) mass is 244 g/mol. The number of carboxylic acid groups (broad SMARTS) is 1. The molecule has 1 aromatic rings. The summed E-state index contributed by atoms with van der Waals surface area (Å²) >= 11 is 0. The SMILES string of the molecule is O=C(O)CN(C1CC1)S(=O)(=O)c1cc[nH]c1. The van der Waals surface area contributed by atoms with Crippen molar-refractivity contribution in [2.24, 2.45) is 0 Å². The van der Waals surface area contributed by atoms with E-state index in [4.69, 9.17) is 5.11 Å². The van der Waals surface area contributed by atoms with Crippen LogP contribution in [0.25, 0.3) is 0 Å². The summed E-state index contributed by atoms with van der Waals surface area (Å²) in [4.78, 5) is 13.4. The molecule has 0 bridgehead atoms. The quantitative estimate of drug-likeness (QED) is 0.777. The van der Waals surface area contributed by atoms with Crippen molar-refractivity contribution in [3.05, 3.63) is 18.5 Å². The van der Waals surface area contributed by atoms with Gasteiger partial charge in [-0.25, -0.2) is 8.42 Å². The van der Waals surface area contributed by atoms with E-state index in [1.54, 1.807) is 0 Å². The number of sulfonamides is 1. The third-order valence-corrected chi connectivity index (χ3v) is 4.32. The van der Waals surface area contributed by atoms with Crippen molar-refractivity contribution in [3.8, 4) is 0 Å². The number of H-pyrrole nitrogens is 1. The molecule has 1 heterocycles. The zero-order valence-electron chi connectivity index (χ0n) is 8.46. The first-order chi connectivity index (χ1) is 7.51. The minimum Gasteiger partial charge on any atom is -0.480 e. The summed E-state index contributed by atoms with van der Waals surface area (Å²) in [5, 5.41) is 8.71. The molecule has 0 spiro atoms. The second-order valence-corrected chi connectivity index (χ2v) is 5.61. The zero-order valence-corrected chi connectivity index (χ0v) is 9.27. The Morgan fingerprint density at radius 3 is 2.69 bits per heavy atom. The fourth-order valence-electron chi connectivity index (χ4n) is 1.51. The van der Waals surface area contributed by atoms with Crippen LogP contribution in [0.4, 0.5) is 0 Å². The first-order valence-corrected chi connectivity index (χ1v) is 6.32. The summed E-state index contributed by atoms with van der Waals surface area (Å²) in [5.41, 5.74) is 0. The topological polar surface area (TPSA) is 90.5 Å². The van der Waals surface area contributed by atoms with E-state index in [9.17, 15) is 13.2 Å². The fraction of sp³-hybridized carbons (Fsp3) is 0.444. The molecule has 0 unspecified atom stereocenters. The van der Waals surface area contributed by atoms with Crippen LogP contribution >= 0.6 is 0 Å². The molecule has 1 fully saturated rings. The number of rotatable bonds is 5. The van der Waals surface area contributed by atoms with Crippen LogP contribution in [-0.2, 0) is 14.8 Å². The summed E-state index contributed by atoms with van der Waals surface area (Å²) in [7, 11) is -3.67. The van der Waals surface area contributed by atoms with E-state index in [1.807, 2.05) is 0 Å². The van der Waals surface area contributed by atoms with Gasteiger partial charge in [0.05, 0.1) is 4.90 Å². The van der Waals surface area contributed by atoms with Crippen LogP contribution in [0.2, 0.25) is 0 Å². The number of hydrogen-bond donors (Lipinski definition) is 2. The number of nitrogens with one attached hydrogen (secondary N) is 1. The average molecular weight is 244 g/mol. The number of aromatic nitrogens is 1. The van der Waals surface area contributed by atoms with Gasteiger partial charge in [-0.3, -0.25) is 4.79 Å². The van der Waals surface area contributed by atoms with Gasteiger partial charge < -0.3 is 10.1 Å². The van der Waals surface area contributed by atoms with Gasteiger partial charge in [0.25, 0.3) is 0 Å². The smallest absolute Gasteiger partial charge is 0.318 e. The maximum Gasteiger partial charge on any atom is 0.318 e. The lowest BCUT2D eigenvalue weighted by Crippen LogP contribution is -2.37. The molecule has 1 aliphatic rings. The molecule has 88 valence electrons. The van der Waals surface area contributed by atoms with Crippen LogP contribution in [0.5, 0.6) is 0 Å². The van der Waals surface area contributed by atoms with Gasteiger partial charge in [-0.05, 0) is 18.9 Å². The molecule has 7 heteroatoms. The van der Waals surface area contributed by atoms with Crippen molar-refractivity contribution in [2.75, 3.05) is 6.54 Å². The largest absolute Gasteiger partial charge is 0.480 e. The van der Waals surface area contributed by atoms with Crippen LogP contribution in [0.1, 0.15) is 12.8 Å². The second-order valence-electron chi connectivity index (χ2n) is 3.72. The summed E-state index contributed by atoms with van der Waals surface area (Å²) in [6, 6.07) is 1.27. The highest BCUT2D eigenvalue weighted by Gasteiger charge is 2.39. The molecule has 0 saturated heterocycles. The molecule has 16 heavy (non-hydrogen) atoms. The van der Waals surface area contributed by atoms with E-state index >= 15 is 0 Å². The van der Waals surface area contributed by atoms with Gasteiger partial charge in [0.2, 0.25) is 10.0 Å². The van der Waals surface area contributed by atoms with E-state index < -0.39 is 22.5 Å². The summed E-state index contributed by atoms with van der Waals surface area (Å²) in [5.74, 6) is -1.13. The van der Waals surface area contributed by atoms with Gasteiger partial charge in [-0.15, -0.1) is 0 Å². The molecule has 1 saturated carbocycles. The van der Waals surface area contributed by atoms with Gasteiger partial charge in [0, 0.05) is 18.4 Å². The second kappa shape index (κ2) is 3.91. The molecular weight excluding hydrogens is 232 g/mol. The lowest BCUT2D eigenvalue weighted by molar-refractivity contribution is -0.137. The molecule has 0 amide bonds. The normalized spacial score (nSPS) is 16.6. The van der Waals surface area contributed by atoms with Gasteiger partial charge in [-0.1, -0.05) is 0 Å². The third kappa shape index (κ3) is 2.10. The van der Waals surface area contributed by atoms with Crippen LogP contribution < -0.4 is 0 Å². The van der Waals surface area contributed by atoms with Gasteiger partial charge >= 0.3 is 5.97 Å². The number of aliphatic carboxylic acids is 1. The lowest BCUT2D eigenvalue weighted by atomic mass is 10.6. The fourth-order valence-corrected chi connectivity index (χ4v) is 3.12. The number of hydrogen-bond acceptors (Lipinski definition) is 3. The Hall–Kier alpha value is -1.34. The van der Waals surface area contributed by atoms with Crippen molar-refractivity contribution in [1.82, 2.24) is 9.29 Å². The predicted molar refractivity (Wildman–Crippen MR) is 55.3 cm³/mol. The van der Waals surface area contributed by atoms with Crippen molar-refractivity contribution >= 4 is 16.0 Å². The van der Waals surface area contributed by atoms with E-state index in [2.05, 4.69) is 4.98 Å². The molecule has 6 nitrogen and oxygen atoms in total. The lowest BCUT2D eigenvalue weighted by Gasteiger charge is -2.18. The molecule has 0 aliphatic heterocycles. The van der Waals surface area contributed by atoms with E-state index in [0.29, 0.717) is 0 Å². The van der Waals surface area contributed by atoms with Gasteiger partial charge in [-0.2, -0.15) is 4.31 Å². The maximum atomic E-state index is 12.1. The van der Waals surface area contributed by atoms with Crippen LogP contribution in [-0.4, -0.2) is 41.4 Å². The Balaban J connectivity index is 2.29. The Kier molecular flexibility index (Phi) is 2.73. The van der Waals surface area contributed by atoms with E-state index in [1.165, 1.54) is 18.5 Å². The first-order valence-electron chi connectivity index (χ1n) is 4.88. The van der Waals surface area contributed by atoms with Crippen molar-refractivity contribution in [2.45, 2.75) is 23.8 Å². The Bertz CT molecular complexity index is 476. The molecule has 1 aromatic heterocycles. The first kappa shape index (κ1) is 11.2. The van der Waals surface area contributed by atoms with Crippen molar-refractivity contribution in [1.29, 1.82) is 0 Å². The summed E-state index contributed by atoms with van der Waals surface area (Å²) < 4.78 is 25.2. The van der Waals surface area contributed by atoms with Crippen LogP contribution in [0.3, 0.4) is 0 Å². The highest BCUT2D eigenvalue weighted by Crippen LogP contribution is 2.31. The van der Waals surface area contributed by atoms with Crippen LogP contribution in [0.15, 0.2) is 23.4 Å². The van der Waals surface area contributed by atoms with E-state index in [0.717, 1.165) is 17.1 Å². The Morgan fingerprint density at radius 1 is 1.56 bits per heavy atom. The molecule has 2 rings (SSSR count). The average Bonchev–Trinajstić information content (AvgIpc) is 2.86. The number of nitrogens with zero attached hydrogens (tertiary/aromatic N) is 1. The Labute approximate surface area is 92.9 Å². The zero-order chi connectivity index (χ0) is 11.8. The van der Waals surface area contributed by atoms with Crippen molar-refractivity contribution < 1.29 is 18.3 Å². The number of aromatic amines is 1. The highest BCUT2D eigenvalue weighted by molar-refractivity contribution is 7.89. The summed E-state index contributed by atoms with van der Waals surface area (Å²) in [6.07, 6.45) is 4.32. The minimum atomic E-state index is -3.67.